The minimum absolute atomic E-state index is 0.00751. The number of fused-ring (bicyclic) bond motifs is 1. The first-order valence-electron chi connectivity index (χ1n) is 6.91. The quantitative estimate of drug-likeness (QED) is 0.866. The van der Waals surface area contributed by atoms with E-state index in [1.165, 1.54) is 15.7 Å². The molecule has 7 nitrogen and oxygen atoms in total. The summed E-state index contributed by atoms with van der Waals surface area (Å²) in [6.07, 6.45) is 4.60. The Labute approximate surface area is 126 Å². The molecule has 0 amide bonds. The van der Waals surface area contributed by atoms with Crippen LogP contribution in [0.4, 0.5) is 5.82 Å². The Kier molecular flexibility index (Phi) is 3.00. The molecular weight excluding hydrogens is 312 g/mol. The van der Waals surface area contributed by atoms with E-state index in [0.717, 1.165) is 12.8 Å². The van der Waals surface area contributed by atoms with Gasteiger partial charge in [0, 0.05) is 18.2 Å². The highest BCUT2D eigenvalue weighted by molar-refractivity contribution is 7.89. The van der Waals surface area contributed by atoms with Gasteiger partial charge in [-0.1, -0.05) is 0 Å². The van der Waals surface area contributed by atoms with Crippen LogP contribution in [0.25, 0.3) is 4.96 Å². The molecule has 2 atom stereocenters. The fourth-order valence-electron chi connectivity index (χ4n) is 2.93. The van der Waals surface area contributed by atoms with Crippen molar-refractivity contribution >= 4 is 32.1 Å². The molecule has 0 spiro atoms. The lowest BCUT2D eigenvalue weighted by molar-refractivity contribution is 0.0848. The summed E-state index contributed by atoms with van der Waals surface area (Å²) in [5.41, 5.74) is 5.79. The van der Waals surface area contributed by atoms with E-state index in [2.05, 4.69) is 9.71 Å². The van der Waals surface area contributed by atoms with Gasteiger partial charge < -0.3 is 10.5 Å². The number of ether oxygens (including phenoxy) is 1. The van der Waals surface area contributed by atoms with Crippen LogP contribution in [-0.2, 0) is 14.8 Å². The molecule has 1 aliphatic heterocycles. The maximum Gasteiger partial charge on any atom is 0.260 e. The van der Waals surface area contributed by atoms with Crippen LogP contribution in [-0.4, -0.2) is 36.6 Å². The number of nitrogens with two attached hydrogens (primary N) is 1. The first-order valence-corrected chi connectivity index (χ1v) is 9.27. The summed E-state index contributed by atoms with van der Waals surface area (Å²) in [4.78, 5) is 4.67. The first kappa shape index (κ1) is 13.5. The molecule has 2 aromatic rings. The Bertz CT molecular complexity index is 778. The van der Waals surface area contributed by atoms with E-state index < -0.39 is 10.0 Å². The third-order valence-electron chi connectivity index (χ3n) is 4.03. The Morgan fingerprint density at radius 3 is 3.00 bits per heavy atom. The minimum atomic E-state index is -3.71. The van der Waals surface area contributed by atoms with E-state index in [0.29, 0.717) is 23.9 Å². The number of nitrogens with zero attached hydrogens (tertiary/aromatic N) is 2. The third-order valence-corrected chi connectivity index (χ3v) is 6.31. The molecule has 4 rings (SSSR count). The van der Waals surface area contributed by atoms with Crippen LogP contribution < -0.4 is 10.5 Å². The van der Waals surface area contributed by atoms with Crippen LogP contribution in [0.3, 0.4) is 0 Å². The molecule has 2 aliphatic rings. The van der Waals surface area contributed by atoms with Crippen LogP contribution in [0.2, 0.25) is 0 Å². The van der Waals surface area contributed by atoms with Crippen molar-refractivity contribution < 1.29 is 13.2 Å². The molecule has 1 saturated carbocycles. The number of anilines is 1. The number of thiazole rings is 1. The van der Waals surface area contributed by atoms with Gasteiger partial charge in [-0.25, -0.2) is 18.1 Å². The molecule has 2 aromatic heterocycles. The molecule has 21 heavy (non-hydrogen) atoms. The average Bonchev–Trinajstić information content (AvgIpc) is 2.83. The second-order valence-electron chi connectivity index (χ2n) is 5.55. The van der Waals surface area contributed by atoms with Gasteiger partial charge in [-0.05, 0) is 25.2 Å². The number of hydrogen-bond acceptors (Lipinski definition) is 6. The van der Waals surface area contributed by atoms with Gasteiger partial charge in [0.1, 0.15) is 0 Å². The van der Waals surface area contributed by atoms with Crippen molar-refractivity contribution in [2.75, 3.05) is 12.3 Å². The smallest absolute Gasteiger partial charge is 0.260 e. The van der Waals surface area contributed by atoms with Gasteiger partial charge in [0.25, 0.3) is 10.0 Å². The van der Waals surface area contributed by atoms with E-state index >= 15 is 0 Å². The molecule has 3 heterocycles. The summed E-state index contributed by atoms with van der Waals surface area (Å²) < 4.78 is 35.3. The van der Waals surface area contributed by atoms with Crippen LogP contribution in [0.1, 0.15) is 19.3 Å². The summed E-state index contributed by atoms with van der Waals surface area (Å²) in [5.74, 6) is 0.528. The molecule has 2 unspecified atom stereocenters. The minimum Gasteiger partial charge on any atom is -0.381 e. The number of imidazole rings is 1. The Balaban J connectivity index is 1.66. The number of hydrogen-bond donors (Lipinski definition) is 2. The standard InChI is InChI=1S/C12H16N4O3S2/c13-10-11(16-4-6-20-12(16)14-10)21(17,18)15-8-3-5-19-9(8)7-1-2-7/h4,6-9,15H,1-3,5,13H2. The molecule has 0 radical (unpaired) electrons. The zero-order valence-electron chi connectivity index (χ0n) is 11.2. The predicted molar refractivity (Wildman–Crippen MR) is 78.7 cm³/mol. The Morgan fingerprint density at radius 2 is 2.24 bits per heavy atom. The highest BCUT2D eigenvalue weighted by atomic mass is 32.2. The third kappa shape index (κ3) is 2.24. The molecule has 0 bridgehead atoms. The van der Waals surface area contributed by atoms with Gasteiger partial charge in [-0.15, -0.1) is 11.3 Å². The monoisotopic (exact) mass is 328 g/mol. The maximum absolute atomic E-state index is 12.7. The van der Waals surface area contributed by atoms with Gasteiger partial charge in [-0.3, -0.25) is 4.40 Å². The predicted octanol–water partition coefficient (Wildman–Crippen LogP) is 0.824. The van der Waals surface area contributed by atoms with E-state index in [1.807, 2.05) is 0 Å². The Hall–Kier alpha value is -1.16. The summed E-state index contributed by atoms with van der Waals surface area (Å²) >= 11 is 1.35. The van der Waals surface area contributed by atoms with Gasteiger partial charge in [0.05, 0.1) is 12.1 Å². The summed E-state index contributed by atoms with van der Waals surface area (Å²) in [5, 5.41) is 1.81. The maximum atomic E-state index is 12.7. The normalized spacial score (nSPS) is 26.7. The SMILES string of the molecule is Nc1nc2sccn2c1S(=O)(=O)NC1CCOC1C1CC1. The van der Waals surface area contributed by atoms with Crippen molar-refractivity contribution in [1.82, 2.24) is 14.1 Å². The van der Waals surface area contributed by atoms with Crippen molar-refractivity contribution in [1.29, 1.82) is 0 Å². The molecule has 1 saturated heterocycles. The van der Waals surface area contributed by atoms with Gasteiger partial charge in [-0.2, -0.15) is 0 Å². The highest BCUT2D eigenvalue weighted by Gasteiger charge is 2.42. The van der Waals surface area contributed by atoms with Crippen molar-refractivity contribution in [3.63, 3.8) is 0 Å². The molecule has 114 valence electrons. The summed E-state index contributed by atoms with van der Waals surface area (Å²) in [6.45, 7) is 0.601. The van der Waals surface area contributed by atoms with Crippen molar-refractivity contribution in [2.45, 2.75) is 36.4 Å². The highest BCUT2D eigenvalue weighted by Crippen LogP contribution is 2.39. The zero-order valence-corrected chi connectivity index (χ0v) is 12.9. The van der Waals surface area contributed by atoms with Crippen LogP contribution in [0, 0.1) is 5.92 Å². The lowest BCUT2D eigenvalue weighted by Crippen LogP contribution is -2.41. The second kappa shape index (κ2) is 4.67. The number of nitrogens with one attached hydrogen (secondary N) is 1. The van der Waals surface area contributed by atoms with Crippen LogP contribution >= 0.6 is 11.3 Å². The number of sulfonamides is 1. The van der Waals surface area contributed by atoms with Crippen molar-refractivity contribution in [3.05, 3.63) is 11.6 Å². The molecule has 1 aliphatic carbocycles. The van der Waals surface area contributed by atoms with E-state index in [4.69, 9.17) is 10.5 Å². The van der Waals surface area contributed by atoms with E-state index in [9.17, 15) is 8.42 Å². The largest absolute Gasteiger partial charge is 0.381 e. The summed E-state index contributed by atoms with van der Waals surface area (Å²) in [7, 11) is -3.71. The lowest BCUT2D eigenvalue weighted by atomic mass is 10.1. The Morgan fingerprint density at radius 1 is 1.43 bits per heavy atom. The van der Waals surface area contributed by atoms with E-state index in [-0.39, 0.29) is 23.0 Å². The van der Waals surface area contributed by atoms with Crippen LogP contribution in [0.15, 0.2) is 16.6 Å². The van der Waals surface area contributed by atoms with Gasteiger partial charge in [0.2, 0.25) is 0 Å². The number of nitrogen functional groups attached to an aromatic ring is 1. The topological polar surface area (TPSA) is 98.7 Å². The molecule has 2 fully saturated rings. The fraction of sp³-hybridized carbons (Fsp3) is 0.583. The second-order valence-corrected chi connectivity index (χ2v) is 8.05. The van der Waals surface area contributed by atoms with Gasteiger partial charge >= 0.3 is 0 Å². The first-order chi connectivity index (χ1) is 10.1. The van der Waals surface area contributed by atoms with Crippen molar-refractivity contribution in [3.8, 4) is 0 Å². The summed E-state index contributed by atoms with van der Waals surface area (Å²) in [6, 6.07) is -0.175. The van der Waals surface area contributed by atoms with Crippen LogP contribution in [0.5, 0.6) is 0 Å². The fourth-order valence-corrected chi connectivity index (χ4v) is 5.20. The zero-order chi connectivity index (χ0) is 14.6. The van der Waals surface area contributed by atoms with Gasteiger partial charge in [0.15, 0.2) is 15.8 Å². The van der Waals surface area contributed by atoms with E-state index in [1.54, 1.807) is 11.6 Å². The number of aromatic nitrogens is 2. The number of rotatable bonds is 4. The van der Waals surface area contributed by atoms with Crippen molar-refractivity contribution in [2.24, 2.45) is 5.92 Å². The lowest BCUT2D eigenvalue weighted by Gasteiger charge is -2.19. The molecule has 3 N–H and O–H groups in total. The average molecular weight is 328 g/mol. The molecule has 0 aromatic carbocycles. The molecule has 9 heteroatoms. The molecular formula is C12H16N4O3S2.